The van der Waals surface area contributed by atoms with Crippen LogP contribution in [0.5, 0.6) is 0 Å². The largest absolute Gasteiger partial charge is 0.307 e. The lowest BCUT2D eigenvalue weighted by atomic mass is 10.2. The van der Waals surface area contributed by atoms with Crippen molar-refractivity contribution < 1.29 is 0 Å². The Bertz CT molecular complexity index is 410. The van der Waals surface area contributed by atoms with Crippen molar-refractivity contribution in [3.05, 3.63) is 36.3 Å². The first-order valence-corrected chi connectivity index (χ1v) is 6.03. The Kier molecular flexibility index (Phi) is 1.98. The third-order valence-corrected chi connectivity index (χ3v) is 4.05. The van der Waals surface area contributed by atoms with Gasteiger partial charge in [0.15, 0.2) is 0 Å². The molecule has 1 atom stereocenters. The number of aromatic nitrogens is 2. The molecule has 2 nitrogen and oxygen atoms in total. The summed E-state index contributed by atoms with van der Waals surface area (Å²) in [5, 5.41) is 0.634. The lowest BCUT2D eigenvalue weighted by Gasteiger charge is -2.01. The van der Waals surface area contributed by atoms with Crippen LogP contribution in [0.15, 0.2) is 30.6 Å². The van der Waals surface area contributed by atoms with Crippen molar-refractivity contribution in [1.29, 1.82) is 0 Å². The van der Waals surface area contributed by atoms with Gasteiger partial charge in [0.1, 0.15) is 5.65 Å². The molecule has 14 heavy (non-hydrogen) atoms. The van der Waals surface area contributed by atoms with E-state index in [1.54, 1.807) is 0 Å². The van der Waals surface area contributed by atoms with Crippen molar-refractivity contribution in [3.8, 4) is 0 Å². The fraction of sp³-hybridized carbons (Fsp3) is 0.364. The van der Waals surface area contributed by atoms with Gasteiger partial charge in [-0.05, 0) is 30.7 Å². The molecule has 1 saturated heterocycles. The van der Waals surface area contributed by atoms with Gasteiger partial charge >= 0.3 is 0 Å². The van der Waals surface area contributed by atoms with E-state index in [1.165, 1.54) is 24.3 Å². The van der Waals surface area contributed by atoms with Crippen LogP contribution in [0.25, 0.3) is 5.65 Å². The Morgan fingerprint density at radius 1 is 1.43 bits per heavy atom. The molecule has 3 heterocycles. The van der Waals surface area contributed by atoms with Crippen LogP contribution in [0.1, 0.15) is 23.8 Å². The van der Waals surface area contributed by atoms with Crippen LogP contribution in [-0.2, 0) is 0 Å². The summed E-state index contributed by atoms with van der Waals surface area (Å²) in [6.07, 6.45) is 6.85. The lowest BCUT2D eigenvalue weighted by molar-refractivity contribution is 0.813. The minimum atomic E-state index is 0.634. The minimum absolute atomic E-state index is 0.634. The second-order valence-electron chi connectivity index (χ2n) is 3.63. The normalized spacial score (nSPS) is 21.9. The molecular weight excluding hydrogens is 192 g/mol. The van der Waals surface area contributed by atoms with Crippen molar-refractivity contribution in [2.45, 2.75) is 18.1 Å². The third kappa shape index (κ3) is 1.32. The van der Waals surface area contributed by atoms with Gasteiger partial charge in [-0.3, -0.25) is 0 Å². The van der Waals surface area contributed by atoms with E-state index in [0.29, 0.717) is 5.25 Å². The predicted octanol–water partition coefficient (Wildman–Crippen LogP) is 2.90. The van der Waals surface area contributed by atoms with Gasteiger partial charge in [-0.2, -0.15) is 11.8 Å². The van der Waals surface area contributed by atoms with E-state index in [2.05, 4.69) is 27.8 Å². The number of imidazole rings is 1. The quantitative estimate of drug-likeness (QED) is 0.710. The average molecular weight is 204 g/mol. The van der Waals surface area contributed by atoms with Crippen molar-refractivity contribution in [1.82, 2.24) is 9.38 Å². The fourth-order valence-corrected chi connectivity index (χ4v) is 3.16. The highest BCUT2D eigenvalue weighted by atomic mass is 32.2. The number of nitrogens with zero attached hydrogens (tertiary/aromatic N) is 2. The van der Waals surface area contributed by atoms with Gasteiger partial charge in [-0.15, -0.1) is 0 Å². The number of rotatable bonds is 1. The molecule has 0 saturated carbocycles. The van der Waals surface area contributed by atoms with Crippen molar-refractivity contribution in [2.75, 3.05) is 5.75 Å². The van der Waals surface area contributed by atoms with Crippen LogP contribution in [0.4, 0.5) is 0 Å². The Balaban J connectivity index is 2.05. The molecule has 3 rings (SSSR count). The monoisotopic (exact) mass is 204 g/mol. The number of fused-ring (bicyclic) bond motifs is 1. The maximum Gasteiger partial charge on any atom is 0.137 e. The highest BCUT2D eigenvalue weighted by Crippen LogP contribution is 2.39. The highest BCUT2D eigenvalue weighted by Gasteiger charge is 2.19. The number of thioether (sulfide) groups is 1. The number of hydrogen-bond acceptors (Lipinski definition) is 2. The van der Waals surface area contributed by atoms with E-state index in [4.69, 9.17) is 0 Å². The first-order valence-electron chi connectivity index (χ1n) is 4.99. The van der Waals surface area contributed by atoms with Crippen molar-refractivity contribution in [2.24, 2.45) is 0 Å². The summed E-state index contributed by atoms with van der Waals surface area (Å²) in [5.41, 5.74) is 2.31. The van der Waals surface area contributed by atoms with E-state index < -0.39 is 0 Å². The standard InChI is InChI=1S/C11H12N2S/c1-2-6-13-8-9(12-11(13)5-1)10-4-3-7-14-10/h1-2,5-6,8,10H,3-4,7H2. The van der Waals surface area contributed by atoms with Gasteiger partial charge in [0.2, 0.25) is 0 Å². The van der Waals surface area contributed by atoms with Gasteiger partial charge in [-0.1, -0.05) is 6.07 Å². The molecule has 0 spiro atoms. The van der Waals surface area contributed by atoms with Gasteiger partial charge in [0, 0.05) is 17.6 Å². The third-order valence-electron chi connectivity index (χ3n) is 2.64. The highest BCUT2D eigenvalue weighted by molar-refractivity contribution is 7.99. The zero-order chi connectivity index (χ0) is 9.38. The molecule has 0 aliphatic carbocycles. The topological polar surface area (TPSA) is 17.3 Å². The summed E-state index contributed by atoms with van der Waals surface area (Å²) in [6.45, 7) is 0. The summed E-state index contributed by atoms with van der Waals surface area (Å²) >= 11 is 2.03. The minimum Gasteiger partial charge on any atom is -0.307 e. The van der Waals surface area contributed by atoms with Gasteiger partial charge in [0.25, 0.3) is 0 Å². The molecule has 1 unspecified atom stereocenters. The SMILES string of the molecule is c1ccn2cc(C3CCCS3)nc2c1. The summed E-state index contributed by atoms with van der Waals surface area (Å²) in [7, 11) is 0. The van der Waals surface area contributed by atoms with E-state index in [9.17, 15) is 0 Å². The van der Waals surface area contributed by atoms with Crippen molar-refractivity contribution in [3.63, 3.8) is 0 Å². The molecule has 3 heteroatoms. The molecule has 0 amide bonds. The van der Waals surface area contributed by atoms with E-state index >= 15 is 0 Å². The maximum atomic E-state index is 4.64. The summed E-state index contributed by atoms with van der Waals surface area (Å²) in [4.78, 5) is 4.64. The molecule has 0 aromatic carbocycles. The summed E-state index contributed by atoms with van der Waals surface area (Å²) in [5.74, 6) is 1.29. The second-order valence-corrected chi connectivity index (χ2v) is 4.94. The Labute approximate surface area is 87.3 Å². The summed E-state index contributed by atoms with van der Waals surface area (Å²) < 4.78 is 2.11. The van der Waals surface area contributed by atoms with Gasteiger partial charge in [0.05, 0.1) is 5.69 Å². The van der Waals surface area contributed by atoms with Crippen LogP contribution in [0.2, 0.25) is 0 Å². The maximum absolute atomic E-state index is 4.64. The molecule has 1 aliphatic heterocycles. The lowest BCUT2D eigenvalue weighted by Crippen LogP contribution is -1.86. The molecule has 1 fully saturated rings. The van der Waals surface area contributed by atoms with Crippen LogP contribution in [-0.4, -0.2) is 15.1 Å². The summed E-state index contributed by atoms with van der Waals surface area (Å²) in [6, 6.07) is 6.14. The molecule has 0 N–H and O–H groups in total. The molecule has 2 aromatic heterocycles. The Hall–Kier alpha value is -0.960. The van der Waals surface area contributed by atoms with Gasteiger partial charge in [-0.25, -0.2) is 4.98 Å². The number of hydrogen-bond donors (Lipinski definition) is 0. The predicted molar refractivity (Wildman–Crippen MR) is 59.6 cm³/mol. The number of pyridine rings is 1. The van der Waals surface area contributed by atoms with Crippen molar-refractivity contribution >= 4 is 17.4 Å². The van der Waals surface area contributed by atoms with Crippen LogP contribution in [0.3, 0.4) is 0 Å². The van der Waals surface area contributed by atoms with Gasteiger partial charge < -0.3 is 4.40 Å². The Morgan fingerprint density at radius 3 is 3.21 bits per heavy atom. The fourth-order valence-electron chi connectivity index (χ4n) is 1.92. The van der Waals surface area contributed by atoms with Crippen LogP contribution >= 0.6 is 11.8 Å². The van der Waals surface area contributed by atoms with E-state index in [-0.39, 0.29) is 0 Å². The smallest absolute Gasteiger partial charge is 0.137 e. The average Bonchev–Trinajstić information content (AvgIpc) is 2.86. The first-order chi connectivity index (χ1) is 6.93. The molecule has 1 aliphatic rings. The first kappa shape index (κ1) is 8.36. The zero-order valence-corrected chi connectivity index (χ0v) is 8.70. The Morgan fingerprint density at radius 2 is 2.43 bits per heavy atom. The molecular formula is C11H12N2S. The van der Waals surface area contributed by atoms with Crippen LogP contribution < -0.4 is 0 Å². The zero-order valence-electron chi connectivity index (χ0n) is 7.89. The second kappa shape index (κ2) is 3.31. The van der Waals surface area contributed by atoms with E-state index in [1.807, 2.05) is 23.9 Å². The molecule has 2 aromatic rings. The van der Waals surface area contributed by atoms with Crippen LogP contribution in [0, 0.1) is 0 Å². The molecule has 72 valence electrons. The molecule has 0 radical (unpaired) electrons. The van der Waals surface area contributed by atoms with E-state index in [0.717, 1.165) is 5.65 Å². The molecule has 0 bridgehead atoms.